The zero-order valence-electron chi connectivity index (χ0n) is 10.4. The molecular formula is C13H20BrNO2. The lowest BCUT2D eigenvalue weighted by molar-refractivity contribution is 0.160. The van der Waals surface area contributed by atoms with Crippen LogP contribution in [-0.2, 0) is 6.54 Å². The molecule has 0 bridgehead atoms. The minimum absolute atomic E-state index is 0.260. The lowest BCUT2D eigenvalue weighted by Gasteiger charge is -2.12. The van der Waals surface area contributed by atoms with E-state index in [1.54, 1.807) is 7.11 Å². The van der Waals surface area contributed by atoms with Gasteiger partial charge in [-0.3, -0.25) is 0 Å². The third-order valence-corrected chi connectivity index (χ3v) is 3.34. The summed E-state index contributed by atoms with van der Waals surface area (Å²) >= 11 is 3.50. The van der Waals surface area contributed by atoms with E-state index in [1.165, 1.54) is 0 Å². The second-order valence-corrected chi connectivity index (χ2v) is 4.89. The van der Waals surface area contributed by atoms with Crippen molar-refractivity contribution in [1.82, 2.24) is 5.32 Å². The molecule has 0 aliphatic carbocycles. The van der Waals surface area contributed by atoms with Gasteiger partial charge in [-0.15, -0.1) is 0 Å². The highest BCUT2D eigenvalue weighted by Gasteiger charge is 2.04. The van der Waals surface area contributed by atoms with Crippen LogP contribution in [0.4, 0.5) is 0 Å². The van der Waals surface area contributed by atoms with E-state index in [1.807, 2.05) is 18.2 Å². The number of halogens is 1. The number of methoxy groups -OCH3 is 1. The number of nitrogens with one attached hydrogen (secondary N) is 1. The largest absolute Gasteiger partial charge is 0.497 e. The Morgan fingerprint density at radius 1 is 1.47 bits per heavy atom. The van der Waals surface area contributed by atoms with E-state index < -0.39 is 0 Å². The average molecular weight is 302 g/mol. The van der Waals surface area contributed by atoms with Crippen molar-refractivity contribution in [2.45, 2.75) is 32.4 Å². The van der Waals surface area contributed by atoms with Crippen molar-refractivity contribution in [2.75, 3.05) is 13.7 Å². The highest BCUT2D eigenvalue weighted by Crippen LogP contribution is 2.22. The van der Waals surface area contributed by atoms with E-state index in [9.17, 15) is 5.11 Å². The Morgan fingerprint density at radius 2 is 2.24 bits per heavy atom. The maximum atomic E-state index is 9.60. The third-order valence-electron chi connectivity index (χ3n) is 2.57. The fraction of sp³-hybridized carbons (Fsp3) is 0.538. The van der Waals surface area contributed by atoms with Gasteiger partial charge in [0.25, 0.3) is 0 Å². The average Bonchev–Trinajstić information content (AvgIpc) is 2.32. The lowest BCUT2D eigenvalue weighted by Crippen LogP contribution is -2.26. The molecule has 4 heteroatoms. The van der Waals surface area contributed by atoms with E-state index >= 15 is 0 Å². The second kappa shape index (κ2) is 7.69. The van der Waals surface area contributed by atoms with E-state index in [4.69, 9.17) is 4.74 Å². The van der Waals surface area contributed by atoms with Crippen LogP contribution in [-0.4, -0.2) is 24.9 Å². The molecule has 1 rings (SSSR count). The van der Waals surface area contributed by atoms with Crippen LogP contribution in [0.15, 0.2) is 22.7 Å². The molecule has 0 aromatic heterocycles. The van der Waals surface area contributed by atoms with Crippen LogP contribution in [0.2, 0.25) is 0 Å². The molecule has 17 heavy (non-hydrogen) atoms. The number of rotatable bonds is 7. The van der Waals surface area contributed by atoms with Gasteiger partial charge in [0.1, 0.15) is 5.75 Å². The molecule has 1 aromatic rings. The van der Waals surface area contributed by atoms with Gasteiger partial charge >= 0.3 is 0 Å². The first kappa shape index (κ1) is 14.5. The van der Waals surface area contributed by atoms with E-state index in [-0.39, 0.29) is 6.10 Å². The van der Waals surface area contributed by atoms with Gasteiger partial charge in [0.2, 0.25) is 0 Å². The molecule has 0 aliphatic heterocycles. The smallest absolute Gasteiger partial charge is 0.119 e. The zero-order chi connectivity index (χ0) is 12.7. The monoisotopic (exact) mass is 301 g/mol. The minimum Gasteiger partial charge on any atom is -0.497 e. The molecule has 96 valence electrons. The highest BCUT2D eigenvalue weighted by molar-refractivity contribution is 9.10. The van der Waals surface area contributed by atoms with Crippen LogP contribution in [0.1, 0.15) is 25.3 Å². The summed E-state index contributed by atoms with van der Waals surface area (Å²) in [5.41, 5.74) is 1.13. The molecule has 1 unspecified atom stereocenters. The van der Waals surface area contributed by atoms with Crippen molar-refractivity contribution in [3.05, 3.63) is 28.2 Å². The predicted molar refractivity (Wildman–Crippen MR) is 73.3 cm³/mol. The van der Waals surface area contributed by atoms with Crippen molar-refractivity contribution < 1.29 is 9.84 Å². The summed E-state index contributed by atoms with van der Waals surface area (Å²) in [5, 5.41) is 12.8. The van der Waals surface area contributed by atoms with Crippen LogP contribution >= 0.6 is 15.9 Å². The standard InChI is InChI=1S/C13H20BrNO2/c1-3-4-11(16)9-15-8-10-7-12(17-2)5-6-13(10)14/h5-7,11,15-16H,3-4,8-9H2,1-2H3. The molecule has 0 saturated carbocycles. The summed E-state index contributed by atoms with van der Waals surface area (Å²) in [6.07, 6.45) is 1.59. The van der Waals surface area contributed by atoms with Gasteiger partial charge in [-0.2, -0.15) is 0 Å². The Bertz CT molecular complexity index is 344. The van der Waals surface area contributed by atoms with Crippen LogP contribution in [0, 0.1) is 0 Å². The summed E-state index contributed by atoms with van der Waals surface area (Å²) in [6.45, 7) is 3.41. The second-order valence-electron chi connectivity index (χ2n) is 4.03. The first-order valence-electron chi connectivity index (χ1n) is 5.88. The fourth-order valence-corrected chi connectivity index (χ4v) is 2.01. The molecule has 0 saturated heterocycles. The SMILES string of the molecule is CCCC(O)CNCc1cc(OC)ccc1Br. The Kier molecular flexibility index (Phi) is 6.55. The molecule has 1 aromatic carbocycles. The number of benzene rings is 1. The summed E-state index contributed by atoms with van der Waals surface area (Å²) in [5.74, 6) is 0.846. The molecule has 0 radical (unpaired) electrons. The fourth-order valence-electron chi connectivity index (χ4n) is 1.62. The van der Waals surface area contributed by atoms with Crippen molar-refractivity contribution in [1.29, 1.82) is 0 Å². The van der Waals surface area contributed by atoms with Gasteiger partial charge in [-0.1, -0.05) is 29.3 Å². The van der Waals surface area contributed by atoms with Crippen molar-refractivity contribution in [3.63, 3.8) is 0 Å². The molecule has 2 N–H and O–H groups in total. The Labute approximate surface area is 111 Å². The molecule has 0 fully saturated rings. The Morgan fingerprint density at radius 3 is 2.88 bits per heavy atom. The third kappa shape index (κ3) is 5.06. The highest BCUT2D eigenvalue weighted by atomic mass is 79.9. The summed E-state index contributed by atoms with van der Waals surface area (Å²) in [7, 11) is 1.66. The van der Waals surface area contributed by atoms with Crippen LogP contribution < -0.4 is 10.1 Å². The van der Waals surface area contributed by atoms with Crippen LogP contribution in [0.3, 0.4) is 0 Å². The van der Waals surface area contributed by atoms with Crippen LogP contribution in [0.5, 0.6) is 5.75 Å². The summed E-state index contributed by atoms with van der Waals surface area (Å²) in [4.78, 5) is 0. The topological polar surface area (TPSA) is 41.5 Å². The summed E-state index contributed by atoms with van der Waals surface area (Å²) in [6, 6.07) is 5.88. The molecule has 0 spiro atoms. The maximum absolute atomic E-state index is 9.60. The van der Waals surface area contributed by atoms with Gasteiger partial charge < -0.3 is 15.2 Å². The first-order valence-corrected chi connectivity index (χ1v) is 6.67. The number of ether oxygens (including phenoxy) is 1. The summed E-state index contributed by atoms with van der Waals surface area (Å²) < 4.78 is 6.23. The van der Waals surface area contributed by atoms with Gasteiger partial charge in [-0.05, 0) is 30.2 Å². The van der Waals surface area contributed by atoms with Crippen molar-refractivity contribution in [2.24, 2.45) is 0 Å². The zero-order valence-corrected chi connectivity index (χ0v) is 12.0. The number of aliphatic hydroxyl groups is 1. The molecule has 0 heterocycles. The molecule has 0 amide bonds. The van der Waals surface area contributed by atoms with Crippen LogP contribution in [0.25, 0.3) is 0 Å². The maximum Gasteiger partial charge on any atom is 0.119 e. The molecule has 3 nitrogen and oxygen atoms in total. The van der Waals surface area contributed by atoms with Crippen molar-refractivity contribution in [3.8, 4) is 5.75 Å². The van der Waals surface area contributed by atoms with E-state index in [0.717, 1.165) is 35.2 Å². The minimum atomic E-state index is -0.260. The predicted octanol–water partition coefficient (Wildman–Crippen LogP) is 2.71. The van der Waals surface area contributed by atoms with E-state index in [2.05, 4.69) is 28.2 Å². The number of aliphatic hydroxyl groups excluding tert-OH is 1. The molecule has 0 aliphatic rings. The molecule has 1 atom stereocenters. The van der Waals surface area contributed by atoms with Gasteiger partial charge in [0.15, 0.2) is 0 Å². The van der Waals surface area contributed by atoms with Gasteiger partial charge in [-0.25, -0.2) is 0 Å². The van der Waals surface area contributed by atoms with E-state index in [0.29, 0.717) is 6.54 Å². The lowest BCUT2D eigenvalue weighted by atomic mass is 10.2. The van der Waals surface area contributed by atoms with Gasteiger partial charge in [0.05, 0.1) is 13.2 Å². The number of hydrogen-bond donors (Lipinski definition) is 2. The first-order chi connectivity index (χ1) is 8.17. The van der Waals surface area contributed by atoms with Crippen molar-refractivity contribution >= 4 is 15.9 Å². The Hall–Kier alpha value is -0.580. The quantitative estimate of drug-likeness (QED) is 0.814. The normalized spacial score (nSPS) is 12.5. The molecular weight excluding hydrogens is 282 g/mol. The number of hydrogen-bond acceptors (Lipinski definition) is 3. The van der Waals surface area contributed by atoms with Gasteiger partial charge in [0, 0.05) is 17.6 Å². The Balaban J connectivity index is 2.45.